The number of hydrazone groups is 1. The first-order valence-corrected chi connectivity index (χ1v) is 12.4. The van der Waals surface area contributed by atoms with Gasteiger partial charge in [0.2, 0.25) is 10.0 Å². The molecule has 7 nitrogen and oxygen atoms in total. The molecule has 3 aromatic rings. The monoisotopic (exact) mass is 529 g/mol. The molecule has 0 aliphatic carbocycles. The van der Waals surface area contributed by atoms with E-state index in [2.05, 4.69) is 26.5 Å². The molecule has 1 amide bonds. The fraction of sp³-hybridized carbons (Fsp3) is 0.167. The predicted octanol–water partition coefficient (Wildman–Crippen LogP) is 3.84. The molecule has 0 spiro atoms. The van der Waals surface area contributed by atoms with Crippen molar-refractivity contribution in [3.8, 4) is 5.75 Å². The summed E-state index contributed by atoms with van der Waals surface area (Å²) in [7, 11) is -2.30. The average Bonchev–Trinajstić information content (AvgIpc) is 2.83. The second-order valence-electron chi connectivity index (χ2n) is 7.09. The molecular formula is C24H24BrN3O4S. The van der Waals surface area contributed by atoms with Crippen LogP contribution in [0.1, 0.15) is 11.1 Å². The van der Waals surface area contributed by atoms with Crippen LogP contribution >= 0.6 is 15.9 Å². The number of hydrogen-bond donors (Lipinski definition) is 1. The van der Waals surface area contributed by atoms with Crippen LogP contribution in [0.2, 0.25) is 0 Å². The lowest BCUT2D eigenvalue weighted by Crippen LogP contribution is -2.40. The summed E-state index contributed by atoms with van der Waals surface area (Å²) in [5.41, 5.74) is 4.15. The Bertz CT molecular complexity index is 1180. The minimum Gasteiger partial charge on any atom is -0.497 e. The van der Waals surface area contributed by atoms with E-state index in [1.165, 1.54) is 22.7 Å². The van der Waals surface area contributed by atoms with E-state index in [1.54, 1.807) is 43.5 Å². The number of carbonyl (C=O) groups excluding carboxylic acids is 1. The Kier molecular flexibility index (Phi) is 8.76. The number of nitrogens with one attached hydrogen (secondary N) is 1. The van der Waals surface area contributed by atoms with Crippen molar-refractivity contribution in [1.29, 1.82) is 0 Å². The number of methoxy groups -OCH3 is 1. The van der Waals surface area contributed by atoms with Gasteiger partial charge in [-0.25, -0.2) is 13.8 Å². The molecule has 33 heavy (non-hydrogen) atoms. The largest absolute Gasteiger partial charge is 0.497 e. The lowest BCUT2D eigenvalue weighted by molar-refractivity contribution is -0.121. The van der Waals surface area contributed by atoms with Gasteiger partial charge in [-0.1, -0.05) is 46.3 Å². The molecule has 0 unspecified atom stereocenters. The summed E-state index contributed by atoms with van der Waals surface area (Å²) in [5.74, 6) is 0.178. The standard InChI is InChI=1S/C24H24BrN3O4S/c1-32-22-11-7-20(8-12-22)17-26-27-24(29)18-28(16-15-19-5-3-2-4-6-19)33(30,31)23-13-9-21(25)10-14-23/h2-14,17H,15-16,18H2,1H3,(H,27,29)/b26-17-. The summed E-state index contributed by atoms with van der Waals surface area (Å²) in [5, 5.41) is 3.94. The molecule has 0 aromatic heterocycles. The number of amides is 1. The predicted molar refractivity (Wildman–Crippen MR) is 132 cm³/mol. The van der Waals surface area contributed by atoms with Gasteiger partial charge in [0.1, 0.15) is 5.75 Å². The highest BCUT2D eigenvalue weighted by molar-refractivity contribution is 9.10. The van der Waals surface area contributed by atoms with Gasteiger partial charge in [-0.3, -0.25) is 4.79 Å². The first kappa shape index (κ1) is 24.6. The van der Waals surface area contributed by atoms with Crippen LogP contribution in [0.5, 0.6) is 5.75 Å². The van der Waals surface area contributed by atoms with Crippen molar-refractivity contribution in [1.82, 2.24) is 9.73 Å². The second-order valence-corrected chi connectivity index (χ2v) is 9.95. The summed E-state index contributed by atoms with van der Waals surface area (Å²) in [6.45, 7) is -0.205. The Hall–Kier alpha value is -3.01. The number of halogens is 1. The van der Waals surface area contributed by atoms with Crippen molar-refractivity contribution in [3.05, 3.63) is 94.5 Å². The third kappa shape index (κ3) is 7.24. The van der Waals surface area contributed by atoms with E-state index < -0.39 is 15.9 Å². The summed E-state index contributed by atoms with van der Waals surface area (Å²) >= 11 is 3.31. The Morgan fingerprint density at radius 1 is 1.03 bits per heavy atom. The molecule has 0 aliphatic heterocycles. The molecule has 3 rings (SSSR count). The Morgan fingerprint density at radius 3 is 2.33 bits per heavy atom. The van der Waals surface area contributed by atoms with Crippen molar-refractivity contribution in [2.75, 3.05) is 20.2 Å². The molecule has 3 aromatic carbocycles. The molecule has 1 N–H and O–H groups in total. The van der Waals surface area contributed by atoms with Crippen molar-refractivity contribution >= 4 is 38.1 Å². The molecule has 0 radical (unpaired) electrons. The lowest BCUT2D eigenvalue weighted by Gasteiger charge is -2.21. The van der Waals surface area contributed by atoms with E-state index in [1.807, 2.05) is 30.3 Å². The number of nitrogens with zero attached hydrogens (tertiary/aromatic N) is 2. The molecule has 172 valence electrons. The first-order valence-electron chi connectivity index (χ1n) is 10.1. The van der Waals surface area contributed by atoms with E-state index in [0.29, 0.717) is 12.2 Å². The van der Waals surface area contributed by atoms with E-state index >= 15 is 0 Å². The van der Waals surface area contributed by atoms with Crippen LogP contribution in [0, 0.1) is 0 Å². The molecule has 0 fully saturated rings. The summed E-state index contributed by atoms with van der Waals surface area (Å²) in [4.78, 5) is 12.6. The van der Waals surface area contributed by atoms with Gasteiger partial charge in [-0.05, 0) is 66.1 Å². The number of sulfonamides is 1. The van der Waals surface area contributed by atoms with E-state index in [-0.39, 0.29) is 18.0 Å². The molecular weight excluding hydrogens is 506 g/mol. The number of benzene rings is 3. The van der Waals surface area contributed by atoms with Gasteiger partial charge < -0.3 is 4.74 Å². The van der Waals surface area contributed by atoms with Crippen LogP contribution in [0.25, 0.3) is 0 Å². The van der Waals surface area contributed by atoms with Crippen LogP contribution in [-0.2, 0) is 21.2 Å². The van der Waals surface area contributed by atoms with Gasteiger partial charge in [0.05, 0.1) is 24.8 Å². The Labute approximate surface area is 202 Å². The van der Waals surface area contributed by atoms with Crippen LogP contribution in [0.15, 0.2) is 93.3 Å². The van der Waals surface area contributed by atoms with Crippen LogP contribution in [0.3, 0.4) is 0 Å². The summed E-state index contributed by atoms with van der Waals surface area (Å²) in [6.07, 6.45) is 1.95. The normalized spacial score (nSPS) is 11.6. The maximum absolute atomic E-state index is 13.2. The van der Waals surface area contributed by atoms with Crippen LogP contribution < -0.4 is 10.2 Å². The Balaban J connectivity index is 1.71. The number of rotatable bonds is 10. The zero-order chi connectivity index (χ0) is 23.7. The highest BCUT2D eigenvalue weighted by atomic mass is 79.9. The molecule has 0 saturated heterocycles. The molecule has 0 atom stereocenters. The van der Waals surface area contributed by atoms with Crippen molar-refractivity contribution in [2.45, 2.75) is 11.3 Å². The molecule has 0 bridgehead atoms. The van der Waals surface area contributed by atoms with Gasteiger partial charge >= 0.3 is 0 Å². The fourth-order valence-corrected chi connectivity index (χ4v) is 4.66. The Morgan fingerprint density at radius 2 is 1.70 bits per heavy atom. The summed E-state index contributed by atoms with van der Waals surface area (Å²) in [6, 6.07) is 23.0. The smallest absolute Gasteiger partial charge is 0.255 e. The van der Waals surface area contributed by atoms with E-state index in [4.69, 9.17) is 4.74 Å². The number of hydrogen-bond acceptors (Lipinski definition) is 5. The van der Waals surface area contributed by atoms with Gasteiger partial charge in [-0.15, -0.1) is 0 Å². The quantitative estimate of drug-likeness (QED) is 0.319. The zero-order valence-corrected chi connectivity index (χ0v) is 20.4. The topological polar surface area (TPSA) is 88.1 Å². The zero-order valence-electron chi connectivity index (χ0n) is 18.0. The maximum atomic E-state index is 13.2. The third-order valence-electron chi connectivity index (χ3n) is 4.78. The maximum Gasteiger partial charge on any atom is 0.255 e. The first-order chi connectivity index (χ1) is 15.9. The fourth-order valence-electron chi connectivity index (χ4n) is 3.00. The number of carbonyl (C=O) groups is 1. The minimum atomic E-state index is -3.88. The molecule has 0 heterocycles. The van der Waals surface area contributed by atoms with E-state index in [0.717, 1.165) is 15.6 Å². The third-order valence-corrected chi connectivity index (χ3v) is 7.17. The molecule has 9 heteroatoms. The van der Waals surface area contributed by atoms with Crippen LogP contribution in [0.4, 0.5) is 0 Å². The lowest BCUT2D eigenvalue weighted by atomic mass is 10.1. The van der Waals surface area contributed by atoms with Crippen LogP contribution in [-0.4, -0.2) is 45.0 Å². The summed E-state index contributed by atoms with van der Waals surface area (Å²) < 4.78 is 33.5. The number of ether oxygens (including phenoxy) is 1. The highest BCUT2D eigenvalue weighted by Crippen LogP contribution is 2.19. The molecule has 0 saturated carbocycles. The van der Waals surface area contributed by atoms with Crippen molar-refractivity contribution in [3.63, 3.8) is 0 Å². The minimum absolute atomic E-state index is 0.119. The second kappa shape index (κ2) is 11.7. The van der Waals surface area contributed by atoms with Gasteiger partial charge in [0, 0.05) is 11.0 Å². The highest BCUT2D eigenvalue weighted by Gasteiger charge is 2.26. The van der Waals surface area contributed by atoms with E-state index in [9.17, 15) is 13.2 Å². The van der Waals surface area contributed by atoms with Gasteiger partial charge in [-0.2, -0.15) is 9.41 Å². The average molecular weight is 530 g/mol. The SMILES string of the molecule is COc1ccc(/C=N\NC(=O)CN(CCc2ccccc2)S(=O)(=O)c2ccc(Br)cc2)cc1. The van der Waals surface area contributed by atoms with Crippen molar-refractivity contribution in [2.24, 2.45) is 5.10 Å². The molecule has 0 aliphatic rings. The van der Waals surface area contributed by atoms with Gasteiger partial charge in [0.25, 0.3) is 5.91 Å². The van der Waals surface area contributed by atoms with Gasteiger partial charge in [0.15, 0.2) is 0 Å². The van der Waals surface area contributed by atoms with Crippen molar-refractivity contribution < 1.29 is 17.9 Å².